The van der Waals surface area contributed by atoms with Crippen LogP contribution in [0, 0.1) is 6.92 Å². The molecule has 2 heterocycles. The van der Waals surface area contributed by atoms with Crippen LogP contribution in [0.3, 0.4) is 0 Å². The first kappa shape index (κ1) is 21.1. The topological polar surface area (TPSA) is 80.1 Å². The highest BCUT2D eigenvalue weighted by atomic mass is 35.5. The van der Waals surface area contributed by atoms with Crippen molar-refractivity contribution in [1.82, 2.24) is 25.0 Å². The van der Waals surface area contributed by atoms with Crippen LogP contribution >= 0.6 is 11.6 Å². The van der Waals surface area contributed by atoms with Crippen LogP contribution in [0.1, 0.15) is 51.6 Å². The number of piperidine rings is 1. The maximum atomic E-state index is 12.6. The zero-order valence-electron chi connectivity index (χ0n) is 17.3. The molecule has 1 aliphatic heterocycles. The fraction of sp³-hybridized carbons (Fsp3) is 0.304. The molecule has 4 rings (SSSR count). The first-order valence-electron chi connectivity index (χ1n) is 10.4. The minimum absolute atomic E-state index is 0.0719. The van der Waals surface area contributed by atoms with Gasteiger partial charge in [-0.05, 0) is 68.1 Å². The molecule has 0 radical (unpaired) electrons. The summed E-state index contributed by atoms with van der Waals surface area (Å²) in [5, 5.41) is 7.77. The number of aryl methyl sites for hydroxylation is 1. The number of hydrogen-bond donors (Lipinski definition) is 1. The molecule has 1 saturated heterocycles. The van der Waals surface area contributed by atoms with E-state index < -0.39 is 0 Å². The van der Waals surface area contributed by atoms with E-state index in [1.54, 1.807) is 23.7 Å². The number of rotatable bonds is 5. The van der Waals surface area contributed by atoms with Crippen LogP contribution in [-0.4, -0.2) is 44.6 Å². The molecule has 8 heteroatoms. The molecule has 1 aliphatic rings. The molecular weight excluding hydrogens is 414 g/mol. The average Bonchev–Trinajstić information content (AvgIpc) is 3.20. The quantitative estimate of drug-likeness (QED) is 0.658. The van der Waals surface area contributed by atoms with Crippen molar-refractivity contribution in [3.63, 3.8) is 0 Å². The lowest BCUT2D eigenvalue weighted by Gasteiger charge is -2.26. The number of halogens is 1. The van der Waals surface area contributed by atoms with E-state index in [1.165, 1.54) is 6.42 Å². The Morgan fingerprint density at radius 3 is 2.35 bits per heavy atom. The van der Waals surface area contributed by atoms with E-state index in [4.69, 9.17) is 11.6 Å². The molecule has 0 saturated carbocycles. The molecule has 1 N–H and O–H groups in total. The summed E-state index contributed by atoms with van der Waals surface area (Å²) in [7, 11) is 0. The van der Waals surface area contributed by atoms with Gasteiger partial charge < -0.3 is 10.2 Å². The van der Waals surface area contributed by atoms with Crippen LogP contribution in [0.15, 0.2) is 48.5 Å². The molecule has 2 amide bonds. The second-order valence-corrected chi connectivity index (χ2v) is 8.04. The third-order valence-corrected chi connectivity index (χ3v) is 5.59. The molecule has 7 nitrogen and oxygen atoms in total. The van der Waals surface area contributed by atoms with Crippen LogP contribution < -0.4 is 5.32 Å². The van der Waals surface area contributed by atoms with E-state index in [0.29, 0.717) is 23.0 Å². The molecule has 1 aromatic heterocycles. The third-order valence-electron chi connectivity index (χ3n) is 5.34. The van der Waals surface area contributed by atoms with E-state index in [9.17, 15) is 9.59 Å². The number of nitrogens with zero attached hydrogens (tertiary/aromatic N) is 4. The summed E-state index contributed by atoms with van der Waals surface area (Å²) in [4.78, 5) is 31.3. The highest BCUT2D eigenvalue weighted by molar-refractivity contribution is 6.30. The summed E-state index contributed by atoms with van der Waals surface area (Å²) in [5.74, 6) is 0.421. The van der Waals surface area contributed by atoms with Crippen molar-refractivity contribution in [1.29, 1.82) is 0 Å². The van der Waals surface area contributed by atoms with Crippen LogP contribution in [-0.2, 0) is 6.54 Å². The molecule has 0 unspecified atom stereocenters. The fourth-order valence-corrected chi connectivity index (χ4v) is 3.75. The lowest BCUT2D eigenvalue weighted by Crippen LogP contribution is -2.35. The number of carbonyl (C=O) groups excluding carboxylic acids is 2. The number of benzene rings is 2. The number of amides is 2. The average molecular weight is 438 g/mol. The second-order valence-electron chi connectivity index (χ2n) is 7.60. The van der Waals surface area contributed by atoms with Gasteiger partial charge in [-0.1, -0.05) is 23.7 Å². The number of nitrogens with one attached hydrogen (secondary N) is 1. The zero-order chi connectivity index (χ0) is 21.8. The molecule has 0 spiro atoms. The Kier molecular flexibility index (Phi) is 6.32. The molecule has 3 aromatic rings. The van der Waals surface area contributed by atoms with E-state index in [0.717, 1.165) is 37.2 Å². The lowest BCUT2D eigenvalue weighted by atomic mass is 10.1. The molecule has 0 atom stereocenters. The van der Waals surface area contributed by atoms with E-state index in [1.807, 2.05) is 41.3 Å². The van der Waals surface area contributed by atoms with Gasteiger partial charge in [0.1, 0.15) is 5.82 Å². The summed E-state index contributed by atoms with van der Waals surface area (Å²) >= 11 is 5.93. The predicted molar refractivity (Wildman–Crippen MR) is 118 cm³/mol. The van der Waals surface area contributed by atoms with Gasteiger partial charge in [0, 0.05) is 30.2 Å². The van der Waals surface area contributed by atoms with Gasteiger partial charge in [0.05, 0.1) is 5.69 Å². The predicted octanol–water partition coefficient (Wildman–Crippen LogP) is 3.79. The SMILES string of the molecule is Cc1nc(C(=O)NCc2ccc(C(=O)N3CCCCC3)cc2)nn1-c1ccc(Cl)cc1. The minimum Gasteiger partial charge on any atom is -0.345 e. The summed E-state index contributed by atoms with van der Waals surface area (Å²) < 4.78 is 1.60. The van der Waals surface area contributed by atoms with Crippen molar-refractivity contribution >= 4 is 23.4 Å². The van der Waals surface area contributed by atoms with Gasteiger partial charge in [-0.15, -0.1) is 5.10 Å². The number of aromatic nitrogens is 3. The van der Waals surface area contributed by atoms with Crippen molar-refractivity contribution < 1.29 is 9.59 Å². The largest absolute Gasteiger partial charge is 0.345 e. The Morgan fingerprint density at radius 1 is 1.00 bits per heavy atom. The fourth-order valence-electron chi connectivity index (χ4n) is 3.62. The maximum absolute atomic E-state index is 12.6. The van der Waals surface area contributed by atoms with Crippen LogP contribution in [0.2, 0.25) is 5.02 Å². The van der Waals surface area contributed by atoms with Crippen LogP contribution in [0.25, 0.3) is 5.69 Å². The van der Waals surface area contributed by atoms with Crippen LogP contribution in [0.4, 0.5) is 0 Å². The number of likely N-dealkylation sites (tertiary alicyclic amines) is 1. The monoisotopic (exact) mass is 437 g/mol. The minimum atomic E-state index is -0.357. The normalized spacial score (nSPS) is 13.8. The van der Waals surface area contributed by atoms with E-state index in [2.05, 4.69) is 15.4 Å². The first-order chi connectivity index (χ1) is 15.0. The Balaban J connectivity index is 1.37. The van der Waals surface area contributed by atoms with Gasteiger partial charge in [0.2, 0.25) is 5.82 Å². The first-order valence-corrected chi connectivity index (χ1v) is 10.7. The van der Waals surface area contributed by atoms with Crippen molar-refractivity contribution in [2.75, 3.05) is 13.1 Å². The molecule has 160 valence electrons. The highest BCUT2D eigenvalue weighted by Crippen LogP contribution is 2.15. The van der Waals surface area contributed by atoms with E-state index in [-0.39, 0.29) is 17.6 Å². The van der Waals surface area contributed by atoms with Crippen molar-refractivity contribution in [2.24, 2.45) is 0 Å². The third kappa shape index (κ3) is 4.94. The highest BCUT2D eigenvalue weighted by Gasteiger charge is 2.18. The zero-order valence-corrected chi connectivity index (χ0v) is 18.1. The molecule has 2 aromatic carbocycles. The molecule has 0 bridgehead atoms. The van der Waals surface area contributed by atoms with Crippen molar-refractivity contribution in [3.8, 4) is 5.69 Å². The molecular formula is C23H24ClN5O2. The maximum Gasteiger partial charge on any atom is 0.291 e. The summed E-state index contributed by atoms with van der Waals surface area (Å²) in [5.41, 5.74) is 2.36. The Labute approximate surface area is 186 Å². The van der Waals surface area contributed by atoms with Crippen LogP contribution in [0.5, 0.6) is 0 Å². The van der Waals surface area contributed by atoms with Gasteiger partial charge in [-0.2, -0.15) is 0 Å². The van der Waals surface area contributed by atoms with E-state index >= 15 is 0 Å². The second kappa shape index (κ2) is 9.31. The van der Waals surface area contributed by atoms with Gasteiger partial charge in [-0.3, -0.25) is 9.59 Å². The number of carbonyl (C=O) groups is 2. The van der Waals surface area contributed by atoms with Gasteiger partial charge in [0.15, 0.2) is 0 Å². The van der Waals surface area contributed by atoms with Crippen molar-refractivity contribution in [2.45, 2.75) is 32.7 Å². The number of hydrogen-bond acceptors (Lipinski definition) is 4. The Hall–Kier alpha value is -3.19. The molecule has 1 fully saturated rings. The van der Waals surface area contributed by atoms with Gasteiger partial charge in [0.25, 0.3) is 11.8 Å². The van der Waals surface area contributed by atoms with Crippen molar-refractivity contribution in [3.05, 3.63) is 76.3 Å². The Morgan fingerprint density at radius 2 is 1.68 bits per heavy atom. The smallest absolute Gasteiger partial charge is 0.291 e. The summed E-state index contributed by atoms with van der Waals surface area (Å²) in [6.45, 7) is 3.76. The lowest BCUT2D eigenvalue weighted by molar-refractivity contribution is 0.0724. The molecule has 0 aliphatic carbocycles. The standard InChI is InChI=1S/C23H24ClN5O2/c1-16-26-21(27-29(16)20-11-9-19(24)10-12-20)22(30)25-15-17-5-7-18(8-6-17)23(31)28-13-3-2-4-14-28/h5-12H,2-4,13-15H2,1H3,(H,25,30). The van der Waals surface area contributed by atoms with Gasteiger partial charge >= 0.3 is 0 Å². The summed E-state index contributed by atoms with van der Waals surface area (Å²) in [6.07, 6.45) is 3.32. The molecule has 31 heavy (non-hydrogen) atoms. The Bertz CT molecular complexity index is 1070. The van der Waals surface area contributed by atoms with Gasteiger partial charge in [-0.25, -0.2) is 9.67 Å². The summed E-state index contributed by atoms with van der Waals surface area (Å²) in [6, 6.07) is 14.5.